The molecule has 2 aliphatic rings. The molecule has 0 saturated carbocycles. The summed E-state index contributed by atoms with van der Waals surface area (Å²) in [5.41, 5.74) is 8.05. The highest BCUT2D eigenvalue weighted by Crippen LogP contribution is 2.34. The molecule has 0 amide bonds. The van der Waals surface area contributed by atoms with E-state index >= 15 is 0 Å². The summed E-state index contributed by atoms with van der Waals surface area (Å²) in [6.45, 7) is 6.18. The molecule has 6 heteroatoms. The normalized spacial score (nSPS) is 19.4. The first-order valence-corrected chi connectivity index (χ1v) is 9.57. The van der Waals surface area contributed by atoms with Crippen molar-refractivity contribution in [1.29, 1.82) is 0 Å². The first kappa shape index (κ1) is 18.6. The Morgan fingerprint density at radius 2 is 2.00 bits per heavy atom. The lowest BCUT2D eigenvalue weighted by Crippen LogP contribution is -2.36. The average molecular weight is 371 g/mol. The molecule has 138 valence electrons. The number of rotatable bonds is 5. The largest absolute Gasteiger partial charge is 0.378 e. The minimum absolute atomic E-state index is 0.551. The molecule has 0 spiro atoms. The van der Waals surface area contributed by atoms with Gasteiger partial charge in [-0.1, -0.05) is 30.3 Å². The number of ether oxygens (including phenoxy) is 1. The molecule has 1 aliphatic carbocycles. The Morgan fingerprint density at radius 1 is 1.23 bits per heavy atom. The molecule has 0 unspecified atom stereocenters. The summed E-state index contributed by atoms with van der Waals surface area (Å²) in [4.78, 5) is 2.43. The quantitative estimate of drug-likeness (QED) is 0.474. The van der Waals surface area contributed by atoms with Crippen molar-refractivity contribution in [3.05, 3.63) is 52.7 Å². The van der Waals surface area contributed by atoms with Crippen LogP contribution in [0, 0.1) is 0 Å². The van der Waals surface area contributed by atoms with Crippen LogP contribution in [0.5, 0.6) is 0 Å². The van der Waals surface area contributed by atoms with Crippen molar-refractivity contribution in [3.63, 3.8) is 0 Å². The predicted octanol–water partition coefficient (Wildman–Crippen LogP) is 2.92. The summed E-state index contributed by atoms with van der Waals surface area (Å²) in [5.74, 6) is 0. The summed E-state index contributed by atoms with van der Waals surface area (Å²) in [7, 11) is 0. The molecule has 26 heavy (non-hydrogen) atoms. The van der Waals surface area contributed by atoms with Crippen LogP contribution < -0.4 is 10.7 Å². The van der Waals surface area contributed by atoms with Crippen LogP contribution in [0.2, 0.25) is 0 Å². The van der Waals surface area contributed by atoms with Crippen LogP contribution in [0.15, 0.2) is 52.3 Å². The lowest BCUT2D eigenvalue weighted by Gasteiger charge is -2.31. The third-order valence-corrected chi connectivity index (χ3v) is 4.70. The highest BCUT2D eigenvalue weighted by Gasteiger charge is 2.25. The Labute approximate surface area is 160 Å². The predicted molar refractivity (Wildman–Crippen MR) is 111 cm³/mol. The van der Waals surface area contributed by atoms with Gasteiger partial charge in [0, 0.05) is 25.3 Å². The minimum Gasteiger partial charge on any atom is -0.378 e. The third-order valence-electron chi connectivity index (χ3n) is 4.46. The number of allylic oxidation sites excluding steroid dienone is 2. The maximum Gasteiger partial charge on any atom is 0.186 e. The van der Waals surface area contributed by atoms with Crippen LogP contribution in [-0.4, -0.2) is 49.1 Å². The molecule has 0 atom stereocenters. The van der Waals surface area contributed by atoms with Crippen LogP contribution in [0.3, 0.4) is 0 Å². The van der Waals surface area contributed by atoms with Gasteiger partial charge in [-0.05, 0) is 54.8 Å². The molecule has 1 heterocycles. The van der Waals surface area contributed by atoms with E-state index in [0.29, 0.717) is 5.11 Å². The Bertz CT molecular complexity index is 706. The van der Waals surface area contributed by atoms with E-state index in [1.165, 1.54) is 22.4 Å². The number of nitrogens with zero attached hydrogens (tertiary/aromatic N) is 2. The fourth-order valence-corrected chi connectivity index (χ4v) is 3.49. The zero-order valence-electron chi connectivity index (χ0n) is 15.2. The zero-order chi connectivity index (χ0) is 18.2. The smallest absolute Gasteiger partial charge is 0.186 e. The van der Waals surface area contributed by atoms with Gasteiger partial charge in [0.25, 0.3) is 0 Å². The van der Waals surface area contributed by atoms with E-state index in [1.807, 2.05) is 19.2 Å². The summed E-state index contributed by atoms with van der Waals surface area (Å²) in [5, 5.41) is 7.93. The first-order valence-electron chi connectivity index (χ1n) is 9.16. The molecule has 3 rings (SSSR count). The van der Waals surface area contributed by atoms with Crippen molar-refractivity contribution in [2.75, 3.05) is 32.8 Å². The highest BCUT2D eigenvalue weighted by atomic mass is 32.1. The number of thiocarbonyl (C=S) groups is 1. The van der Waals surface area contributed by atoms with Gasteiger partial charge >= 0.3 is 0 Å². The molecule has 2 N–H and O–H groups in total. The molecular weight excluding hydrogens is 344 g/mol. The second-order valence-corrected chi connectivity index (χ2v) is 6.69. The maximum atomic E-state index is 5.53. The fourth-order valence-electron chi connectivity index (χ4n) is 3.29. The van der Waals surface area contributed by atoms with Crippen molar-refractivity contribution in [2.24, 2.45) is 5.10 Å². The number of morpholine rings is 1. The number of hydrogen-bond donors (Lipinski definition) is 2. The van der Waals surface area contributed by atoms with Crippen molar-refractivity contribution >= 4 is 29.6 Å². The van der Waals surface area contributed by atoms with Gasteiger partial charge in [0.2, 0.25) is 0 Å². The Kier molecular flexibility index (Phi) is 6.80. The summed E-state index contributed by atoms with van der Waals surface area (Å²) >= 11 is 5.17. The van der Waals surface area contributed by atoms with Crippen LogP contribution in [0.4, 0.5) is 0 Å². The van der Waals surface area contributed by atoms with E-state index in [-0.39, 0.29) is 0 Å². The highest BCUT2D eigenvalue weighted by molar-refractivity contribution is 7.80. The fraction of sp³-hybridized carbons (Fsp3) is 0.400. The molecule has 5 nitrogen and oxygen atoms in total. The van der Waals surface area contributed by atoms with E-state index in [9.17, 15) is 0 Å². The Hall–Kier alpha value is -2.18. The van der Waals surface area contributed by atoms with E-state index in [1.54, 1.807) is 0 Å². The number of hydrogen-bond acceptors (Lipinski definition) is 4. The van der Waals surface area contributed by atoms with Gasteiger partial charge < -0.3 is 15.0 Å². The second kappa shape index (κ2) is 9.50. The zero-order valence-corrected chi connectivity index (χ0v) is 16.0. The molecule has 0 bridgehead atoms. The van der Waals surface area contributed by atoms with Gasteiger partial charge in [0.1, 0.15) is 0 Å². The maximum absolute atomic E-state index is 5.53. The standard InChI is InChI=1S/C20H26N4OS/c1-2-21-20(26)23-22-15-18-9-8-17(14-16-6-4-3-5-7-16)19(18)24-10-12-25-13-11-24/h3-7,14-15H,2,8-13H2,1H3,(H2,21,23,26)/b17-14+,22-15+. The number of hydrazone groups is 1. The van der Waals surface area contributed by atoms with Crippen LogP contribution >= 0.6 is 12.2 Å². The summed E-state index contributed by atoms with van der Waals surface area (Å²) in [6, 6.07) is 10.5. The molecule has 1 aromatic carbocycles. The summed E-state index contributed by atoms with van der Waals surface area (Å²) < 4.78 is 5.53. The van der Waals surface area contributed by atoms with Gasteiger partial charge in [-0.2, -0.15) is 5.10 Å². The van der Waals surface area contributed by atoms with Gasteiger partial charge in [0.15, 0.2) is 5.11 Å². The number of nitrogens with one attached hydrogen (secondary N) is 2. The van der Waals surface area contributed by atoms with Crippen LogP contribution in [0.1, 0.15) is 25.3 Å². The molecule has 1 aromatic rings. The monoisotopic (exact) mass is 370 g/mol. The third kappa shape index (κ3) is 4.93. The lowest BCUT2D eigenvalue weighted by molar-refractivity contribution is 0.0548. The molecular formula is C20H26N4OS. The topological polar surface area (TPSA) is 48.9 Å². The Morgan fingerprint density at radius 3 is 2.73 bits per heavy atom. The molecule has 1 aliphatic heterocycles. The summed E-state index contributed by atoms with van der Waals surface area (Å²) in [6.07, 6.45) is 6.23. The lowest BCUT2D eigenvalue weighted by atomic mass is 10.1. The Balaban J connectivity index is 1.83. The van der Waals surface area contributed by atoms with Gasteiger partial charge in [0.05, 0.1) is 19.4 Å². The van der Waals surface area contributed by atoms with Gasteiger partial charge in [-0.15, -0.1) is 0 Å². The van der Waals surface area contributed by atoms with E-state index in [4.69, 9.17) is 17.0 Å². The molecule has 0 radical (unpaired) electrons. The molecule has 1 fully saturated rings. The van der Waals surface area contributed by atoms with E-state index in [0.717, 1.165) is 45.7 Å². The van der Waals surface area contributed by atoms with Crippen LogP contribution in [-0.2, 0) is 4.74 Å². The molecule has 1 saturated heterocycles. The van der Waals surface area contributed by atoms with Crippen molar-refractivity contribution < 1.29 is 4.74 Å². The van der Waals surface area contributed by atoms with Gasteiger partial charge in [-0.3, -0.25) is 5.43 Å². The van der Waals surface area contributed by atoms with Gasteiger partial charge in [-0.25, -0.2) is 0 Å². The second-order valence-electron chi connectivity index (χ2n) is 6.28. The minimum atomic E-state index is 0.551. The molecule has 0 aromatic heterocycles. The number of benzene rings is 1. The van der Waals surface area contributed by atoms with Crippen LogP contribution in [0.25, 0.3) is 6.08 Å². The van der Waals surface area contributed by atoms with E-state index < -0.39 is 0 Å². The first-order chi connectivity index (χ1) is 12.8. The van der Waals surface area contributed by atoms with E-state index in [2.05, 4.69) is 51.1 Å². The average Bonchev–Trinajstić information content (AvgIpc) is 3.06. The van der Waals surface area contributed by atoms with Crippen molar-refractivity contribution in [1.82, 2.24) is 15.6 Å². The van der Waals surface area contributed by atoms with Crippen molar-refractivity contribution in [2.45, 2.75) is 19.8 Å². The SMILES string of the molecule is CCNC(=S)N/N=C/C1=C(N2CCOCC2)C(=C/c2ccccc2)/CC1. The van der Waals surface area contributed by atoms with Crippen molar-refractivity contribution in [3.8, 4) is 0 Å².